The van der Waals surface area contributed by atoms with E-state index in [2.05, 4.69) is 0 Å². The van der Waals surface area contributed by atoms with Gasteiger partial charge in [-0.2, -0.15) is 0 Å². The third-order valence-electron chi connectivity index (χ3n) is 4.32. The van der Waals surface area contributed by atoms with Crippen molar-refractivity contribution in [1.29, 1.82) is 0 Å². The van der Waals surface area contributed by atoms with Crippen LogP contribution in [0.4, 0.5) is 0 Å². The Morgan fingerprint density at radius 2 is 2.05 bits per heavy atom. The second-order valence-electron chi connectivity index (χ2n) is 5.79. The van der Waals surface area contributed by atoms with Gasteiger partial charge in [0.2, 0.25) is 0 Å². The van der Waals surface area contributed by atoms with Crippen molar-refractivity contribution >= 4 is 5.91 Å². The minimum Gasteiger partial charge on any atom is -0.466 e. The second-order valence-corrected chi connectivity index (χ2v) is 5.79. The van der Waals surface area contributed by atoms with Gasteiger partial charge in [0.25, 0.3) is 5.91 Å². The van der Waals surface area contributed by atoms with Gasteiger partial charge in [0.05, 0.1) is 24.3 Å². The summed E-state index contributed by atoms with van der Waals surface area (Å²) in [5.74, 6) is 1.60. The molecule has 0 atom stereocenters. The summed E-state index contributed by atoms with van der Waals surface area (Å²) in [6.45, 7) is 5.80. The highest BCUT2D eigenvalue weighted by Gasteiger charge is 2.41. The third kappa shape index (κ3) is 2.29. The van der Waals surface area contributed by atoms with Crippen LogP contribution in [0.1, 0.15) is 47.6 Å². The Morgan fingerprint density at radius 3 is 2.68 bits per heavy atom. The Bertz CT molecular complexity index is 486. The monoisotopic (exact) mass is 263 g/mol. The van der Waals surface area contributed by atoms with Gasteiger partial charge in [-0.1, -0.05) is 12.8 Å². The summed E-state index contributed by atoms with van der Waals surface area (Å²) in [6, 6.07) is 1.84. The molecule has 1 aliphatic carbocycles. The standard InChI is InChI=1S/C15H21NO3/c1-11-9-13(12(2)19-11)14(17)16-7-8-18-15(10-16)5-3-4-6-15/h9H,3-8,10H2,1-2H3. The van der Waals surface area contributed by atoms with Crippen LogP contribution in [-0.4, -0.2) is 36.1 Å². The lowest BCUT2D eigenvalue weighted by Gasteiger charge is -2.40. The summed E-state index contributed by atoms with van der Waals surface area (Å²) < 4.78 is 11.4. The summed E-state index contributed by atoms with van der Waals surface area (Å²) in [6.07, 6.45) is 4.60. The Morgan fingerprint density at radius 1 is 1.32 bits per heavy atom. The van der Waals surface area contributed by atoms with Crippen LogP contribution < -0.4 is 0 Å². The molecule has 0 aromatic carbocycles. The fraction of sp³-hybridized carbons (Fsp3) is 0.667. The minimum atomic E-state index is -0.0689. The quantitative estimate of drug-likeness (QED) is 0.782. The van der Waals surface area contributed by atoms with Crippen LogP contribution in [0.15, 0.2) is 10.5 Å². The number of rotatable bonds is 1. The van der Waals surface area contributed by atoms with Gasteiger partial charge in [-0.25, -0.2) is 0 Å². The molecule has 1 aromatic heterocycles. The van der Waals surface area contributed by atoms with Gasteiger partial charge >= 0.3 is 0 Å². The molecule has 19 heavy (non-hydrogen) atoms. The number of nitrogens with zero attached hydrogens (tertiary/aromatic N) is 1. The zero-order valence-corrected chi connectivity index (χ0v) is 11.7. The van der Waals surface area contributed by atoms with Gasteiger partial charge in [0.15, 0.2) is 0 Å². The molecule has 1 saturated heterocycles. The first-order valence-electron chi connectivity index (χ1n) is 7.10. The van der Waals surface area contributed by atoms with Crippen molar-refractivity contribution in [2.24, 2.45) is 0 Å². The van der Waals surface area contributed by atoms with Crippen molar-refractivity contribution in [3.63, 3.8) is 0 Å². The number of aryl methyl sites for hydroxylation is 2. The molecule has 1 aliphatic heterocycles. The van der Waals surface area contributed by atoms with Gasteiger partial charge in [-0.3, -0.25) is 4.79 Å². The molecular formula is C15H21NO3. The average Bonchev–Trinajstić information content (AvgIpc) is 2.96. The van der Waals surface area contributed by atoms with Gasteiger partial charge in [0.1, 0.15) is 11.5 Å². The van der Waals surface area contributed by atoms with Crippen LogP contribution >= 0.6 is 0 Å². The summed E-state index contributed by atoms with van der Waals surface area (Å²) in [5.41, 5.74) is 0.633. The van der Waals surface area contributed by atoms with Crippen LogP contribution in [0.2, 0.25) is 0 Å². The van der Waals surface area contributed by atoms with Gasteiger partial charge < -0.3 is 14.1 Å². The molecule has 0 N–H and O–H groups in total. The van der Waals surface area contributed by atoms with E-state index < -0.39 is 0 Å². The molecule has 0 unspecified atom stereocenters. The molecule has 0 radical (unpaired) electrons. The minimum absolute atomic E-state index is 0.0689. The number of furan rings is 1. The maximum Gasteiger partial charge on any atom is 0.257 e. The van der Waals surface area contributed by atoms with E-state index in [0.717, 1.165) is 30.9 Å². The number of amides is 1. The lowest BCUT2D eigenvalue weighted by atomic mass is 9.99. The third-order valence-corrected chi connectivity index (χ3v) is 4.32. The lowest BCUT2D eigenvalue weighted by molar-refractivity contribution is -0.0948. The van der Waals surface area contributed by atoms with Crippen LogP contribution in [0.25, 0.3) is 0 Å². The van der Waals surface area contributed by atoms with Crippen molar-refractivity contribution < 1.29 is 13.9 Å². The number of morpholine rings is 1. The molecule has 3 rings (SSSR count). The van der Waals surface area contributed by atoms with Gasteiger partial charge in [-0.05, 0) is 32.8 Å². The van der Waals surface area contributed by atoms with Crippen molar-refractivity contribution in [1.82, 2.24) is 4.90 Å². The van der Waals surface area contributed by atoms with Crippen LogP contribution in [0, 0.1) is 13.8 Å². The predicted molar refractivity (Wildman–Crippen MR) is 71.2 cm³/mol. The molecule has 104 valence electrons. The molecule has 1 amide bonds. The van der Waals surface area contributed by atoms with Crippen molar-refractivity contribution in [2.45, 2.75) is 45.1 Å². The molecule has 2 aliphatic rings. The fourth-order valence-corrected chi connectivity index (χ4v) is 3.35. The molecule has 0 bridgehead atoms. The zero-order chi connectivity index (χ0) is 13.5. The Labute approximate surface area is 113 Å². The Kier molecular flexibility index (Phi) is 3.13. The summed E-state index contributed by atoms with van der Waals surface area (Å²) >= 11 is 0. The molecule has 2 fully saturated rings. The molecule has 2 heterocycles. The van der Waals surface area contributed by atoms with E-state index in [4.69, 9.17) is 9.15 Å². The zero-order valence-electron chi connectivity index (χ0n) is 11.7. The molecule has 1 spiro atoms. The lowest BCUT2D eigenvalue weighted by Crippen LogP contribution is -2.52. The van der Waals surface area contributed by atoms with E-state index in [9.17, 15) is 4.79 Å². The van der Waals surface area contributed by atoms with E-state index >= 15 is 0 Å². The van der Waals surface area contributed by atoms with Gasteiger partial charge in [0, 0.05) is 6.54 Å². The number of carbonyl (C=O) groups excluding carboxylic acids is 1. The maximum absolute atomic E-state index is 12.6. The summed E-state index contributed by atoms with van der Waals surface area (Å²) in [7, 11) is 0. The van der Waals surface area contributed by atoms with Crippen LogP contribution in [0.3, 0.4) is 0 Å². The van der Waals surface area contributed by atoms with E-state index in [-0.39, 0.29) is 11.5 Å². The summed E-state index contributed by atoms with van der Waals surface area (Å²) in [4.78, 5) is 14.5. The smallest absolute Gasteiger partial charge is 0.257 e. The normalized spacial score (nSPS) is 22.1. The Hall–Kier alpha value is -1.29. The molecule has 1 saturated carbocycles. The highest BCUT2D eigenvalue weighted by atomic mass is 16.5. The summed E-state index contributed by atoms with van der Waals surface area (Å²) in [5, 5.41) is 0. The van der Waals surface area contributed by atoms with Crippen LogP contribution in [-0.2, 0) is 4.74 Å². The predicted octanol–water partition coefficient (Wildman–Crippen LogP) is 2.68. The largest absolute Gasteiger partial charge is 0.466 e. The van der Waals surface area contributed by atoms with E-state index in [1.807, 2.05) is 24.8 Å². The molecule has 4 heteroatoms. The van der Waals surface area contributed by atoms with E-state index in [1.54, 1.807) is 0 Å². The van der Waals surface area contributed by atoms with Gasteiger partial charge in [-0.15, -0.1) is 0 Å². The first-order chi connectivity index (χ1) is 9.10. The topological polar surface area (TPSA) is 42.7 Å². The van der Waals surface area contributed by atoms with Crippen LogP contribution in [0.5, 0.6) is 0 Å². The SMILES string of the molecule is Cc1cc(C(=O)N2CCOC3(CCCC3)C2)c(C)o1. The Balaban J connectivity index is 1.78. The van der Waals surface area contributed by atoms with Crippen molar-refractivity contribution in [2.75, 3.05) is 19.7 Å². The van der Waals surface area contributed by atoms with Crippen molar-refractivity contribution in [3.05, 3.63) is 23.2 Å². The highest BCUT2D eigenvalue weighted by Crippen LogP contribution is 2.36. The van der Waals surface area contributed by atoms with Crippen molar-refractivity contribution in [3.8, 4) is 0 Å². The fourth-order valence-electron chi connectivity index (χ4n) is 3.35. The maximum atomic E-state index is 12.6. The second kappa shape index (κ2) is 4.67. The highest BCUT2D eigenvalue weighted by molar-refractivity contribution is 5.95. The molecular weight excluding hydrogens is 242 g/mol. The molecule has 4 nitrogen and oxygen atoms in total. The number of hydrogen-bond donors (Lipinski definition) is 0. The molecule has 1 aromatic rings. The first kappa shape index (κ1) is 12.7. The average molecular weight is 263 g/mol. The van der Waals surface area contributed by atoms with E-state index in [0.29, 0.717) is 18.7 Å². The number of carbonyl (C=O) groups is 1. The number of hydrogen-bond acceptors (Lipinski definition) is 3. The van der Waals surface area contributed by atoms with E-state index in [1.165, 1.54) is 12.8 Å². The number of ether oxygens (including phenoxy) is 1. The first-order valence-corrected chi connectivity index (χ1v) is 7.10.